The number of rotatable bonds is 5. The monoisotopic (exact) mass is 728 g/mol. The Labute approximate surface area is 262 Å². The van der Waals surface area contributed by atoms with E-state index in [1.807, 2.05) is 0 Å². The zero-order chi connectivity index (χ0) is 22.3. The van der Waals surface area contributed by atoms with Gasteiger partial charge in [-0.25, -0.2) is 4.79 Å². The van der Waals surface area contributed by atoms with E-state index < -0.39 is 47.4 Å². The van der Waals surface area contributed by atoms with E-state index in [0.29, 0.717) is 0 Å². The van der Waals surface area contributed by atoms with Gasteiger partial charge in [-0.15, -0.1) is 10.2 Å². The second-order valence-electron chi connectivity index (χ2n) is 5.93. The molecule has 0 saturated heterocycles. The van der Waals surface area contributed by atoms with E-state index in [-0.39, 0.29) is 120 Å². The minimum atomic E-state index is -4.96. The van der Waals surface area contributed by atoms with E-state index in [1.54, 1.807) is 0 Å². The summed E-state index contributed by atoms with van der Waals surface area (Å²) in [5, 5.41) is 26.9. The molecule has 15 heteroatoms. The minimum Gasteiger partial charge on any atom is -0.504 e. The van der Waals surface area contributed by atoms with Gasteiger partial charge in [-0.05, 0) is 35.7 Å². The molecule has 0 fully saturated rings. The van der Waals surface area contributed by atoms with Crippen molar-refractivity contribution in [1.82, 2.24) is 0 Å². The first-order valence-electron chi connectivity index (χ1n) is 7.88. The number of carboxylic acid groups (broad SMARTS) is 1. The second-order valence-corrected chi connectivity index (χ2v) is 8.74. The van der Waals surface area contributed by atoms with Gasteiger partial charge >= 0.3 is 5.97 Å². The fraction of sp³-hybridized carbons (Fsp3) is 0. The molecule has 0 unspecified atom stereocenters. The Morgan fingerprint density at radius 1 is 0.844 bits per heavy atom. The topological polar surface area (TPSA) is 191 Å². The van der Waals surface area contributed by atoms with E-state index in [9.17, 15) is 40.9 Å². The number of fused-ring (bicyclic) bond motifs is 1. The van der Waals surface area contributed by atoms with Crippen LogP contribution in [0.4, 0.5) is 11.4 Å². The van der Waals surface area contributed by atoms with E-state index >= 15 is 0 Å². The second kappa shape index (κ2) is 11.5. The normalized spacial score (nSPS) is 11.7. The molecular weight excluding hydrogens is 715 g/mol. The van der Waals surface area contributed by atoms with Gasteiger partial charge in [-0.1, -0.05) is 18.2 Å². The summed E-state index contributed by atoms with van der Waals surface area (Å²) in [7, 11) is -9.59. The predicted octanol–water partition coefficient (Wildman–Crippen LogP) is 2.39. The van der Waals surface area contributed by atoms with Gasteiger partial charge in [0, 0.05) is 103 Å². The third-order valence-electron chi connectivity index (χ3n) is 3.99. The van der Waals surface area contributed by atoms with Crippen LogP contribution in [0.15, 0.2) is 68.6 Å². The predicted molar refractivity (Wildman–Crippen MR) is 114 cm³/mol. The summed E-state index contributed by atoms with van der Waals surface area (Å²) in [4.78, 5) is 9.73. The van der Waals surface area contributed by atoms with Crippen molar-refractivity contribution in [2.75, 3.05) is 0 Å². The molecular formula is C17H12Ba2N2O9S2. The maximum Gasteiger partial charge on any atom is 0.337 e. The Hall–Kier alpha value is -0.247. The van der Waals surface area contributed by atoms with Crippen LogP contribution in [0.3, 0.4) is 0 Å². The number of aromatic hydroxyl groups is 1. The first-order chi connectivity index (χ1) is 13.9. The number of aromatic carboxylic acids is 1. The van der Waals surface area contributed by atoms with Gasteiger partial charge in [-0.3, -0.25) is 9.11 Å². The van der Waals surface area contributed by atoms with Crippen molar-refractivity contribution < 1.29 is 40.9 Å². The van der Waals surface area contributed by atoms with Gasteiger partial charge in [0.1, 0.15) is 16.3 Å². The average Bonchev–Trinajstić information content (AvgIpc) is 2.65. The summed E-state index contributed by atoms with van der Waals surface area (Å²) in [6.45, 7) is 0. The van der Waals surface area contributed by atoms with E-state index in [2.05, 4.69) is 10.2 Å². The molecule has 0 aliphatic heterocycles. The molecule has 3 rings (SSSR count). The van der Waals surface area contributed by atoms with Gasteiger partial charge in [0.15, 0.2) is 5.75 Å². The molecule has 0 amide bonds. The fourth-order valence-electron chi connectivity index (χ4n) is 2.63. The number of hydrogen-bond donors (Lipinski definition) is 4. The first kappa shape index (κ1) is 29.8. The Kier molecular flexibility index (Phi) is 10.7. The number of phenols is 1. The summed E-state index contributed by atoms with van der Waals surface area (Å²) < 4.78 is 64.6. The van der Waals surface area contributed by atoms with Crippen molar-refractivity contribution in [2.45, 2.75) is 9.79 Å². The smallest absolute Gasteiger partial charge is 0.337 e. The van der Waals surface area contributed by atoms with Gasteiger partial charge in [0.25, 0.3) is 20.2 Å². The number of carboxylic acids is 1. The molecule has 3 aromatic rings. The number of carbonyl (C=O) groups is 1. The van der Waals surface area contributed by atoms with Crippen molar-refractivity contribution in [3.63, 3.8) is 0 Å². The summed E-state index contributed by atoms with van der Waals surface area (Å²) >= 11 is 0. The first-order valence-corrected chi connectivity index (χ1v) is 10.8. The largest absolute Gasteiger partial charge is 0.504 e. The van der Waals surface area contributed by atoms with Gasteiger partial charge in [0.05, 0.1) is 10.5 Å². The van der Waals surface area contributed by atoms with E-state index in [1.165, 1.54) is 24.3 Å². The van der Waals surface area contributed by atoms with Gasteiger partial charge in [-0.2, -0.15) is 16.8 Å². The summed E-state index contributed by atoms with van der Waals surface area (Å²) in [6, 6.07) is 9.30. The number of azo groups is 1. The van der Waals surface area contributed by atoms with E-state index in [0.717, 1.165) is 24.3 Å². The van der Waals surface area contributed by atoms with E-state index in [4.69, 9.17) is 0 Å². The molecule has 0 atom stereocenters. The maximum atomic E-state index is 11.6. The Morgan fingerprint density at radius 3 is 2.03 bits per heavy atom. The average molecular weight is 727 g/mol. The molecule has 4 radical (unpaired) electrons. The Balaban J connectivity index is 0.00000256. The van der Waals surface area contributed by atoms with Crippen molar-refractivity contribution in [2.24, 2.45) is 10.2 Å². The molecule has 3 aromatic carbocycles. The van der Waals surface area contributed by atoms with Crippen LogP contribution in [0.1, 0.15) is 10.4 Å². The fourth-order valence-corrected chi connectivity index (χ4v) is 3.77. The van der Waals surface area contributed by atoms with Crippen LogP contribution in [-0.2, 0) is 20.2 Å². The molecule has 0 spiro atoms. The third-order valence-corrected chi connectivity index (χ3v) is 5.71. The van der Waals surface area contributed by atoms with Crippen molar-refractivity contribution in [3.05, 3.63) is 54.1 Å². The molecule has 0 aromatic heterocycles. The Bertz CT molecular complexity index is 1440. The van der Waals surface area contributed by atoms with Crippen LogP contribution >= 0.6 is 0 Å². The van der Waals surface area contributed by atoms with Crippen LogP contribution in [0, 0.1) is 0 Å². The van der Waals surface area contributed by atoms with Crippen LogP contribution in [-0.4, -0.2) is 140 Å². The number of phenolic OH excluding ortho intramolecular Hbond substituents is 1. The molecule has 160 valence electrons. The number of benzene rings is 3. The van der Waals surface area contributed by atoms with Crippen LogP contribution in [0.25, 0.3) is 10.8 Å². The van der Waals surface area contributed by atoms with Gasteiger partial charge < -0.3 is 10.2 Å². The quantitative estimate of drug-likeness (QED) is 0.174. The van der Waals surface area contributed by atoms with Crippen LogP contribution in [0.2, 0.25) is 0 Å². The molecule has 4 N–H and O–H groups in total. The summed E-state index contributed by atoms with van der Waals surface area (Å²) in [6.07, 6.45) is 0. The molecule has 0 aliphatic carbocycles. The standard InChI is InChI=1S/C17H12N2O9S2.2Ba/c20-16-14(30(26,27)28)8-9-7-10(29(23,24)25)5-6-11(9)15(16)19-18-13-4-2-1-3-12(13)17(21)22;;/h1-8,20H,(H,21,22)(H,23,24,25)(H,26,27,28);;. The molecule has 11 nitrogen and oxygen atoms in total. The third kappa shape index (κ3) is 6.66. The van der Waals surface area contributed by atoms with Crippen molar-refractivity contribution in [3.8, 4) is 5.75 Å². The zero-order valence-corrected chi connectivity index (χ0v) is 26.6. The molecule has 0 saturated carbocycles. The Morgan fingerprint density at radius 2 is 1.47 bits per heavy atom. The maximum absolute atomic E-state index is 11.6. The number of nitrogens with zero attached hydrogens (tertiary/aromatic N) is 2. The molecule has 0 aliphatic rings. The van der Waals surface area contributed by atoms with Crippen LogP contribution in [0.5, 0.6) is 5.75 Å². The molecule has 0 heterocycles. The zero-order valence-electron chi connectivity index (χ0n) is 16.1. The molecule has 32 heavy (non-hydrogen) atoms. The SMILES string of the molecule is O=C(O)c1ccccc1N=Nc1c(O)c(S(=O)(=O)O)cc2cc(S(=O)(=O)O)ccc12.[Ba].[Ba]. The summed E-state index contributed by atoms with van der Waals surface area (Å²) in [5.74, 6) is -2.29. The molecule has 0 bridgehead atoms. The van der Waals surface area contributed by atoms with Crippen molar-refractivity contribution >= 4 is 146 Å². The van der Waals surface area contributed by atoms with Crippen LogP contribution < -0.4 is 0 Å². The van der Waals surface area contributed by atoms with Gasteiger partial charge in [0.2, 0.25) is 0 Å². The van der Waals surface area contributed by atoms with Crippen molar-refractivity contribution in [1.29, 1.82) is 0 Å². The summed E-state index contributed by atoms with van der Waals surface area (Å²) in [5.41, 5.74) is -0.795. The number of hydrogen-bond acceptors (Lipinski definition) is 8. The minimum absolute atomic E-state index is 0.